The Bertz CT molecular complexity index is 143. The summed E-state index contributed by atoms with van der Waals surface area (Å²) in [5, 5.41) is 16.9. The van der Waals surface area contributed by atoms with Crippen molar-refractivity contribution in [3.63, 3.8) is 0 Å². The Morgan fingerprint density at radius 1 is 1.78 bits per heavy atom. The van der Waals surface area contributed by atoms with E-state index < -0.39 is 12.1 Å². The van der Waals surface area contributed by atoms with Crippen LogP contribution >= 0.6 is 0 Å². The molecule has 1 unspecified atom stereocenters. The molecule has 0 spiro atoms. The van der Waals surface area contributed by atoms with Crippen molar-refractivity contribution in [3.05, 3.63) is 11.4 Å². The number of rotatable bonds is 1. The van der Waals surface area contributed by atoms with Gasteiger partial charge in [-0.25, -0.2) is 4.39 Å². The first-order valence-corrected chi connectivity index (χ1v) is 2.53. The fraction of sp³-hybridized carbons (Fsp3) is 0.600. The van der Waals surface area contributed by atoms with Crippen molar-refractivity contribution in [2.75, 3.05) is 13.2 Å². The minimum atomic E-state index is -1.45. The van der Waals surface area contributed by atoms with Gasteiger partial charge >= 0.3 is 0 Å². The topological polar surface area (TPSA) is 49.7 Å². The third kappa shape index (κ3) is 1.10. The van der Waals surface area contributed by atoms with Gasteiger partial charge in [-0.2, -0.15) is 0 Å². The van der Waals surface area contributed by atoms with Gasteiger partial charge in [0.05, 0.1) is 13.2 Å². The summed E-state index contributed by atoms with van der Waals surface area (Å²) >= 11 is 0. The van der Waals surface area contributed by atoms with E-state index in [1.807, 2.05) is 0 Å². The van der Waals surface area contributed by atoms with Crippen LogP contribution < -0.4 is 0 Å². The normalized spacial score (nSPS) is 27.7. The Balaban J connectivity index is 2.68. The van der Waals surface area contributed by atoms with Gasteiger partial charge in [-0.05, 0) is 0 Å². The average molecular weight is 134 g/mol. The number of hydrogen-bond donors (Lipinski definition) is 2. The van der Waals surface area contributed by atoms with Crippen LogP contribution in [0.25, 0.3) is 0 Å². The number of ether oxygens (including phenoxy) is 1. The fourth-order valence-electron chi connectivity index (χ4n) is 0.617. The summed E-state index contributed by atoms with van der Waals surface area (Å²) in [7, 11) is 0. The van der Waals surface area contributed by atoms with Crippen LogP contribution in [-0.4, -0.2) is 29.7 Å². The minimum Gasteiger partial charge on any atom is -0.392 e. The zero-order chi connectivity index (χ0) is 6.85. The standard InChI is InChI=1S/C5H7FO3/c6-4-3(1-7)2-9-5(4)8/h5,7-8H,1-2H2. The molecule has 2 N–H and O–H groups in total. The van der Waals surface area contributed by atoms with Crippen LogP contribution in [-0.2, 0) is 4.74 Å². The molecule has 0 saturated heterocycles. The van der Waals surface area contributed by atoms with Crippen LogP contribution in [0.2, 0.25) is 0 Å². The molecule has 1 aliphatic heterocycles. The predicted octanol–water partition coefficient (Wildman–Crippen LogP) is -0.449. The van der Waals surface area contributed by atoms with Crippen molar-refractivity contribution in [3.8, 4) is 0 Å². The van der Waals surface area contributed by atoms with Crippen LogP contribution in [0.5, 0.6) is 0 Å². The molecule has 0 radical (unpaired) electrons. The van der Waals surface area contributed by atoms with E-state index in [1.54, 1.807) is 0 Å². The SMILES string of the molecule is OCC1=C(F)C(O)OC1. The second-order valence-electron chi connectivity index (χ2n) is 1.77. The maximum absolute atomic E-state index is 12.3. The highest BCUT2D eigenvalue weighted by atomic mass is 19.1. The number of hydrogen-bond acceptors (Lipinski definition) is 3. The quantitative estimate of drug-likeness (QED) is 0.510. The van der Waals surface area contributed by atoms with Crippen molar-refractivity contribution in [2.24, 2.45) is 0 Å². The first kappa shape index (κ1) is 6.67. The van der Waals surface area contributed by atoms with E-state index in [0.29, 0.717) is 0 Å². The second kappa shape index (κ2) is 2.43. The van der Waals surface area contributed by atoms with E-state index in [1.165, 1.54) is 0 Å². The molecule has 1 atom stereocenters. The number of aliphatic hydroxyl groups is 2. The molecular formula is C5H7FO3. The molecule has 4 heteroatoms. The Hall–Kier alpha value is -0.450. The largest absolute Gasteiger partial charge is 0.392 e. The zero-order valence-corrected chi connectivity index (χ0v) is 4.67. The van der Waals surface area contributed by atoms with Gasteiger partial charge in [-0.3, -0.25) is 0 Å². The maximum Gasteiger partial charge on any atom is 0.208 e. The molecule has 3 nitrogen and oxygen atoms in total. The van der Waals surface area contributed by atoms with Gasteiger partial charge in [0.2, 0.25) is 6.29 Å². The molecule has 0 aromatic carbocycles. The van der Waals surface area contributed by atoms with Gasteiger partial charge < -0.3 is 14.9 Å². The van der Waals surface area contributed by atoms with E-state index in [9.17, 15) is 4.39 Å². The Kier molecular flexibility index (Phi) is 1.80. The zero-order valence-electron chi connectivity index (χ0n) is 4.67. The van der Waals surface area contributed by atoms with Crippen molar-refractivity contribution < 1.29 is 19.3 Å². The third-order valence-electron chi connectivity index (χ3n) is 1.16. The maximum atomic E-state index is 12.3. The number of halogens is 1. The van der Waals surface area contributed by atoms with Gasteiger partial charge in [0, 0.05) is 5.57 Å². The molecule has 0 aromatic heterocycles. The van der Waals surface area contributed by atoms with E-state index in [0.717, 1.165) is 0 Å². The molecule has 0 saturated carbocycles. The lowest BCUT2D eigenvalue weighted by Crippen LogP contribution is -2.04. The highest BCUT2D eigenvalue weighted by Gasteiger charge is 2.23. The summed E-state index contributed by atoms with van der Waals surface area (Å²) in [6, 6.07) is 0. The molecular weight excluding hydrogens is 127 g/mol. The Morgan fingerprint density at radius 2 is 2.44 bits per heavy atom. The van der Waals surface area contributed by atoms with Crippen molar-refractivity contribution in [2.45, 2.75) is 6.29 Å². The Labute approximate surface area is 51.4 Å². The molecule has 9 heavy (non-hydrogen) atoms. The molecule has 0 fully saturated rings. The van der Waals surface area contributed by atoms with Crippen LogP contribution in [0.1, 0.15) is 0 Å². The van der Waals surface area contributed by atoms with E-state index >= 15 is 0 Å². The van der Waals surface area contributed by atoms with Crippen LogP contribution in [0.3, 0.4) is 0 Å². The molecule has 0 amide bonds. The van der Waals surface area contributed by atoms with Crippen molar-refractivity contribution in [1.29, 1.82) is 0 Å². The summed E-state index contributed by atoms with van der Waals surface area (Å²) in [5.41, 5.74) is 0.127. The van der Waals surface area contributed by atoms with Gasteiger partial charge in [-0.1, -0.05) is 0 Å². The second-order valence-corrected chi connectivity index (χ2v) is 1.77. The van der Waals surface area contributed by atoms with Crippen molar-refractivity contribution >= 4 is 0 Å². The molecule has 0 bridgehead atoms. The third-order valence-corrected chi connectivity index (χ3v) is 1.16. The van der Waals surface area contributed by atoms with Gasteiger partial charge in [0.1, 0.15) is 0 Å². The van der Waals surface area contributed by atoms with Crippen LogP contribution in [0.4, 0.5) is 4.39 Å². The highest BCUT2D eigenvalue weighted by molar-refractivity contribution is 5.14. The molecule has 52 valence electrons. The number of aliphatic hydroxyl groups excluding tert-OH is 2. The average Bonchev–Trinajstić information content (AvgIpc) is 2.15. The van der Waals surface area contributed by atoms with Gasteiger partial charge in [0.15, 0.2) is 5.83 Å². The van der Waals surface area contributed by atoms with Gasteiger partial charge in [-0.15, -0.1) is 0 Å². The molecule has 0 aromatic rings. The summed E-state index contributed by atoms with van der Waals surface area (Å²) < 4.78 is 16.7. The summed E-state index contributed by atoms with van der Waals surface area (Å²) in [4.78, 5) is 0. The monoisotopic (exact) mass is 134 g/mol. The lowest BCUT2D eigenvalue weighted by atomic mass is 10.3. The smallest absolute Gasteiger partial charge is 0.208 e. The van der Waals surface area contributed by atoms with E-state index in [2.05, 4.69) is 4.74 Å². The fourth-order valence-corrected chi connectivity index (χ4v) is 0.617. The first-order valence-electron chi connectivity index (χ1n) is 2.53. The molecule has 1 aliphatic rings. The summed E-state index contributed by atoms with van der Waals surface area (Å²) in [6.45, 7) is -0.396. The van der Waals surface area contributed by atoms with Crippen LogP contribution in [0.15, 0.2) is 11.4 Å². The van der Waals surface area contributed by atoms with E-state index in [4.69, 9.17) is 10.2 Å². The molecule has 1 rings (SSSR count). The molecule has 0 aliphatic carbocycles. The van der Waals surface area contributed by atoms with Crippen LogP contribution in [0, 0.1) is 0 Å². The minimum absolute atomic E-state index is 0.0104. The Morgan fingerprint density at radius 3 is 2.67 bits per heavy atom. The van der Waals surface area contributed by atoms with Crippen molar-refractivity contribution in [1.82, 2.24) is 0 Å². The van der Waals surface area contributed by atoms with Gasteiger partial charge in [0.25, 0.3) is 0 Å². The lowest BCUT2D eigenvalue weighted by Gasteiger charge is -1.96. The summed E-state index contributed by atoms with van der Waals surface area (Å²) in [6.07, 6.45) is -1.45. The van der Waals surface area contributed by atoms with E-state index in [-0.39, 0.29) is 18.8 Å². The summed E-state index contributed by atoms with van der Waals surface area (Å²) in [5.74, 6) is -0.752. The highest BCUT2D eigenvalue weighted by Crippen LogP contribution is 2.19. The lowest BCUT2D eigenvalue weighted by molar-refractivity contribution is -0.0571. The predicted molar refractivity (Wildman–Crippen MR) is 27.2 cm³/mol. The first-order chi connectivity index (χ1) is 4.25. The molecule has 1 heterocycles.